The van der Waals surface area contributed by atoms with E-state index in [9.17, 15) is 0 Å². The smallest absolute Gasteiger partial charge is 0.241 e. The normalized spacial score (nSPS) is 10.6. The highest BCUT2D eigenvalue weighted by Gasteiger charge is 2.27. The number of aromatic nitrogens is 3. The summed E-state index contributed by atoms with van der Waals surface area (Å²) in [5, 5.41) is -0.0189. The van der Waals surface area contributed by atoms with Crippen molar-refractivity contribution in [3.8, 4) is 23.0 Å². The van der Waals surface area contributed by atoms with Gasteiger partial charge in [0.15, 0.2) is 0 Å². The molecule has 0 aliphatic rings. The highest BCUT2D eigenvalue weighted by Crippen LogP contribution is 2.46. The highest BCUT2D eigenvalue weighted by atomic mass is 35.5. The molecule has 41 heavy (non-hydrogen) atoms. The predicted molar refractivity (Wildman–Crippen MR) is 160 cm³/mol. The Morgan fingerprint density at radius 1 is 0.439 bits per heavy atom. The van der Waals surface area contributed by atoms with Crippen LogP contribution in [0.1, 0.15) is 0 Å². The number of benzene rings is 4. The van der Waals surface area contributed by atoms with Crippen LogP contribution in [-0.2, 0) is 0 Å². The minimum absolute atomic E-state index is 0.0189. The Morgan fingerprint density at radius 3 is 0.976 bits per heavy atom. The minimum atomic E-state index is -0.0189. The van der Waals surface area contributed by atoms with Crippen molar-refractivity contribution in [2.75, 3.05) is 38.2 Å². The second-order valence-corrected chi connectivity index (χ2v) is 8.90. The average molecular weight is 570 g/mol. The lowest BCUT2D eigenvalue weighted by atomic mass is 10.2. The van der Waals surface area contributed by atoms with Gasteiger partial charge in [-0.3, -0.25) is 9.80 Å². The molecule has 0 saturated heterocycles. The van der Waals surface area contributed by atoms with Gasteiger partial charge in [-0.15, -0.1) is 0 Å². The Bertz CT molecular complexity index is 1440. The van der Waals surface area contributed by atoms with E-state index in [-0.39, 0.29) is 17.2 Å². The number of halogens is 1. The first kappa shape index (κ1) is 27.5. The zero-order valence-electron chi connectivity index (χ0n) is 23.0. The summed E-state index contributed by atoms with van der Waals surface area (Å²) in [6.07, 6.45) is 0. The fourth-order valence-electron chi connectivity index (χ4n) is 4.48. The van der Waals surface area contributed by atoms with E-state index >= 15 is 0 Å². The van der Waals surface area contributed by atoms with Crippen LogP contribution in [0.15, 0.2) is 97.1 Å². The quantitative estimate of drug-likeness (QED) is 0.170. The molecule has 0 amide bonds. The molecule has 0 fully saturated rings. The SMILES string of the molecule is COc1ccccc1N(c1nc(Cl)nc(N(c2ccccc2OC)c2ccccc2OC)n1)c1ccccc1OC. The van der Waals surface area contributed by atoms with E-state index in [0.29, 0.717) is 45.7 Å². The van der Waals surface area contributed by atoms with Crippen molar-refractivity contribution in [3.63, 3.8) is 0 Å². The van der Waals surface area contributed by atoms with Gasteiger partial charge in [0.2, 0.25) is 17.2 Å². The van der Waals surface area contributed by atoms with Gasteiger partial charge in [-0.25, -0.2) is 0 Å². The maximum absolute atomic E-state index is 6.64. The molecule has 1 heterocycles. The summed E-state index contributed by atoms with van der Waals surface area (Å²) in [5.41, 5.74) is 2.70. The van der Waals surface area contributed by atoms with E-state index in [1.807, 2.05) is 107 Å². The molecule has 0 atom stereocenters. The standard InChI is InChI=1S/C31H28ClN5O4/c1-38-25-17-9-5-13-21(25)36(22-14-6-10-18-26(22)39-2)30-33-29(32)34-31(35-30)37(23-15-7-11-19-27(23)40-3)24-16-8-12-20-28(24)41-4/h5-20H,1-4H3. The predicted octanol–water partition coefficient (Wildman–Crippen LogP) is 7.50. The molecule has 9 nitrogen and oxygen atoms in total. The summed E-state index contributed by atoms with van der Waals surface area (Å²) < 4.78 is 22.9. The second kappa shape index (κ2) is 12.4. The van der Waals surface area contributed by atoms with Crippen molar-refractivity contribution in [2.24, 2.45) is 0 Å². The van der Waals surface area contributed by atoms with Gasteiger partial charge in [-0.1, -0.05) is 48.5 Å². The van der Waals surface area contributed by atoms with Gasteiger partial charge < -0.3 is 18.9 Å². The van der Waals surface area contributed by atoms with E-state index in [2.05, 4.69) is 9.97 Å². The number of hydrogen-bond acceptors (Lipinski definition) is 9. The lowest BCUT2D eigenvalue weighted by Gasteiger charge is -2.29. The van der Waals surface area contributed by atoms with Crippen molar-refractivity contribution in [2.45, 2.75) is 0 Å². The summed E-state index contributed by atoms with van der Waals surface area (Å²) in [7, 11) is 6.43. The third kappa shape index (κ3) is 5.53. The van der Waals surface area contributed by atoms with E-state index in [0.717, 1.165) is 0 Å². The Balaban J connectivity index is 1.80. The fourth-order valence-corrected chi connectivity index (χ4v) is 4.63. The van der Waals surface area contributed by atoms with Crippen molar-refractivity contribution in [1.82, 2.24) is 15.0 Å². The van der Waals surface area contributed by atoms with E-state index in [1.165, 1.54) is 0 Å². The molecule has 0 aliphatic carbocycles. The molecule has 0 bridgehead atoms. The van der Waals surface area contributed by atoms with Crippen LogP contribution in [0, 0.1) is 0 Å². The summed E-state index contributed by atoms with van der Waals surface area (Å²) in [4.78, 5) is 17.7. The van der Waals surface area contributed by atoms with Crippen LogP contribution in [-0.4, -0.2) is 43.4 Å². The van der Waals surface area contributed by atoms with Crippen LogP contribution in [0.25, 0.3) is 0 Å². The van der Waals surface area contributed by atoms with E-state index in [1.54, 1.807) is 28.4 Å². The molecular weight excluding hydrogens is 542 g/mol. The highest BCUT2D eigenvalue weighted by molar-refractivity contribution is 6.28. The van der Waals surface area contributed by atoms with Gasteiger partial charge in [-0.05, 0) is 60.1 Å². The molecule has 208 valence electrons. The first-order valence-electron chi connectivity index (χ1n) is 12.6. The van der Waals surface area contributed by atoms with Gasteiger partial charge >= 0.3 is 0 Å². The van der Waals surface area contributed by atoms with E-state index < -0.39 is 0 Å². The third-order valence-electron chi connectivity index (χ3n) is 6.29. The molecule has 0 N–H and O–H groups in total. The largest absolute Gasteiger partial charge is 0.495 e. The monoisotopic (exact) mass is 569 g/mol. The number of anilines is 6. The molecular formula is C31H28ClN5O4. The number of ether oxygens (including phenoxy) is 4. The molecule has 4 aromatic carbocycles. The number of para-hydroxylation sites is 8. The molecule has 0 radical (unpaired) electrons. The topological polar surface area (TPSA) is 82.1 Å². The lowest BCUT2D eigenvalue weighted by Crippen LogP contribution is -2.20. The molecule has 5 rings (SSSR count). The van der Waals surface area contributed by atoms with Gasteiger partial charge in [0, 0.05) is 0 Å². The number of nitrogens with zero attached hydrogens (tertiary/aromatic N) is 5. The molecule has 0 aliphatic heterocycles. The molecule has 1 aromatic heterocycles. The Hall–Kier alpha value is -5.02. The van der Waals surface area contributed by atoms with Gasteiger partial charge in [0.25, 0.3) is 0 Å². The van der Waals surface area contributed by atoms with Crippen molar-refractivity contribution < 1.29 is 18.9 Å². The maximum atomic E-state index is 6.64. The minimum Gasteiger partial charge on any atom is -0.495 e. The van der Waals surface area contributed by atoms with Crippen molar-refractivity contribution in [1.29, 1.82) is 0 Å². The maximum Gasteiger partial charge on any atom is 0.241 e. The molecule has 0 spiro atoms. The zero-order chi connectivity index (χ0) is 28.8. The third-order valence-corrected chi connectivity index (χ3v) is 6.46. The second-order valence-electron chi connectivity index (χ2n) is 8.56. The Labute approximate surface area is 243 Å². The Kier molecular flexibility index (Phi) is 8.36. The van der Waals surface area contributed by atoms with Crippen LogP contribution in [0.4, 0.5) is 34.6 Å². The summed E-state index contributed by atoms with van der Waals surface area (Å²) >= 11 is 6.64. The van der Waals surface area contributed by atoms with Crippen LogP contribution in [0.3, 0.4) is 0 Å². The first-order chi connectivity index (χ1) is 20.1. The van der Waals surface area contributed by atoms with Gasteiger partial charge in [0.05, 0.1) is 51.2 Å². The molecule has 10 heteroatoms. The van der Waals surface area contributed by atoms with Crippen LogP contribution in [0.2, 0.25) is 5.28 Å². The summed E-state index contributed by atoms with van der Waals surface area (Å²) in [6, 6.07) is 30.2. The number of rotatable bonds is 10. The number of hydrogen-bond donors (Lipinski definition) is 0. The van der Waals surface area contributed by atoms with Crippen LogP contribution in [0.5, 0.6) is 23.0 Å². The Morgan fingerprint density at radius 2 is 0.707 bits per heavy atom. The van der Waals surface area contributed by atoms with Crippen molar-refractivity contribution >= 4 is 46.2 Å². The van der Waals surface area contributed by atoms with Crippen LogP contribution >= 0.6 is 11.6 Å². The number of methoxy groups -OCH3 is 4. The van der Waals surface area contributed by atoms with Gasteiger partial charge in [-0.2, -0.15) is 15.0 Å². The zero-order valence-corrected chi connectivity index (χ0v) is 23.7. The van der Waals surface area contributed by atoms with Crippen LogP contribution < -0.4 is 28.7 Å². The van der Waals surface area contributed by atoms with Gasteiger partial charge in [0.1, 0.15) is 23.0 Å². The average Bonchev–Trinajstić information content (AvgIpc) is 3.02. The first-order valence-corrected chi connectivity index (χ1v) is 13.0. The lowest BCUT2D eigenvalue weighted by molar-refractivity contribution is 0.412. The molecule has 0 saturated carbocycles. The van der Waals surface area contributed by atoms with Crippen molar-refractivity contribution in [3.05, 3.63) is 102 Å². The summed E-state index contributed by atoms with van der Waals surface area (Å²) in [5.74, 6) is 2.88. The molecule has 0 unspecified atom stereocenters. The fraction of sp³-hybridized carbons (Fsp3) is 0.129. The van der Waals surface area contributed by atoms with E-state index in [4.69, 9.17) is 35.5 Å². The molecule has 5 aromatic rings. The summed E-state index contributed by atoms with van der Waals surface area (Å²) in [6.45, 7) is 0.